The third-order valence-electron chi connectivity index (χ3n) is 3.71. The van der Waals surface area contributed by atoms with Crippen LogP contribution >= 0.6 is 0 Å². The zero-order valence-electron chi connectivity index (χ0n) is 15.5. The van der Waals surface area contributed by atoms with E-state index in [4.69, 9.17) is 9.47 Å². The van der Waals surface area contributed by atoms with E-state index in [0.29, 0.717) is 55.1 Å². The fourth-order valence-electron chi connectivity index (χ4n) is 2.59. The molecule has 4 N–H and O–H groups in total. The van der Waals surface area contributed by atoms with Gasteiger partial charge in [0.2, 0.25) is 0 Å². The van der Waals surface area contributed by atoms with Crippen molar-refractivity contribution in [3.8, 4) is 11.5 Å². The minimum Gasteiger partial charge on any atom is -0.486 e. The Morgan fingerprint density at radius 1 is 1.04 bits per heavy atom. The highest BCUT2D eigenvalue weighted by Gasteiger charge is 2.12. The Balaban J connectivity index is 1.43. The molecule has 0 atom stereocenters. The summed E-state index contributed by atoms with van der Waals surface area (Å²) in [4.78, 5) is 20.6. The number of fused-ring (bicyclic) bond motifs is 1. The molecule has 0 spiro atoms. The molecule has 1 aromatic heterocycles. The van der Waals surface area contributed by atoms with Gasteiger partial charge in [0, 0.05) is 37.5 Å². The number of anilines is 3. The Labute approximate surface area is 157 Å². The summed E-state index contributed by atoms with van der Waals surface area (Å²) < 4.78 is 11.0. The van der Waals surface area contributed by atoms with Crippen molar-refractivity contribution < 1.29 is 14.3 Å². The molecule has 1 aromatic carbocycles. The molecule has 0 fully saturated rings. The zero-order valence-corrected chi connectivity index (χ0v) is 15.5. The molecule has 9 heteroatoms. The van der Waals surface area contributed by atoms with E-state index in [-0.39, 0.29) is 6.03 Å². The van der Waals surface area contributed by atoms with Crippen LogP contribution in [-0.2, 0) is 0 Å². The first kappa shape index (κ1) is 18.6. The van der Waals surface area contributed by atoms with Gasteiger partial charge in [0.25, 0.3) is 0 Å². The molecule has 9 nitrogen and oxygen atoms in total. The summed E-state index contributed by atoms with van der Waals surface area (Å²) in [6.45, 7) is 6.66. The predicted molar refractivity (Wildman–Crippen MR) is 104 cm³/mol. The van der Waals surface area contributed by atoms with Crippen LogP contribution in [0.3, 0.4) is 0 Å². The van der Waals surface area contributed by atoms with Crippen LogP contribution in [0.15, 0.2) is 24.3 Å². The van der Waals surface area contributed by atoms with Gasteiger partial charge in [0.1, 0.15) is 30.7 Å². The SMILES string of the molecule is CCNc1cc(NCCNC(=O)Nc2ccc3c(c2)OCCO3)nc(C)n1. The van der Waals surface area contributed by atoms with Gasteiger partial charge in [0.15, 0.2) is 11.5 Å². The Bertz CT molecular complexity index is 799. The van der Waals surface area contributed by atoms with Crippen LogP contribution in [0.5, 0.6) is 11.5 Å². The Morgan fingerprint density at radius 2 is 1.78 bits per heavy atom. The molecule has 27 heavy (non-hydrogen) atoms. The van der Waals surface area contributed by atoms with Crippen LogP contribution < -0.4 is 30.7 Å². The quantitative estimate of drug-likeness (QED) is 0.552. The van der Waals surface area contributed by atoms with Gasteiger partial charge in [0.05, 0.1) is 0 Å². The van der Waals surface area contributed by atoms with Gasteiger partial charge in [-0.1, -0.05) is 0 Å². The van der Waals surface area contributed by atoms with Gasteiger partial charge in [-0.15, -0.1) is 0 Å². The summed E-state index contributed by atoms with van der Waals surface area (Å²) in [5, 5.41) is 11.9. The van der Waals surface area contributed by atoms with Gasteiger partial charge < -0.3 is 30.7 Å². The maximum atomic E-state index is 12.0. The topological polar surface area (TPSA) is 109 Å². The highest BCUT2D eigenvalue weighted by atomic mass is 16.6. The fourth-order valence-corrected chi connectivity index (χ4v) is 2.59. The molecule has 0 saturated carbocycles. The van der Waals surface area contributed by atoms with Crippen molar-refractivity contribution in [2.45, 2.75) is 13.8 Å². The maximum absolute atomic E-state index is 12.0. The van der Waals surface area contributed by atoms with Gasteiger partial charge in [-0.3, -0.25) is 0 Å². The van der Waals surface area contributed by atoms with Crippen LogP contribution in [0.25, 0.3) is 0 Å². The minimum atomic E-state index is -0.291. The lowest BCUT2D eigenvalue weighted by atomic mass is 10.2. The monoisotopic (exact) mass is 372 g/mol. The first-order valence-corrected chi connectivity index (χ1v) is 8.92. The number of nitrogens with one attached hydrogen (secondary N) is 4. The summed E-state index contributed by atoms with van der Waals surface area (Å²) >= 11 is 0. The van der Waals surface area contributed by atoms with E-state index in [2.05, 4.69) is 31.2 Å². The van der Waals surface area contributed by atoms with Crippen LogP contribution in [0, 0.1) is 6.92 Å². The van der Waals surface area contributed by atoms with E-state index in [1.54, 1.807) is 18.2 Å². The van der Waals surface area contributed by atoms with E-state index >= 15 is 0 Å². The van der Waals surface area contributed by atoms with Crippen molar-refractivity contribution in [2.75, 3.05) is 48.8 Å². The molecule has 0 aliphatic carbocycles. The number of hydrogen-bond acceptors (Lipinski definition) is 7. The molecule has 0 unspecified atom stereocenters. The van der Waals surface area contributed by atoms with E-state index in [1.165, 1.54) is 0 Å². The summed E-state index contributed by atoms with van der Waals surface area (Å²) in [6.07, 6.45) is 0. The number of amides is 2. The second kappa shape index (κ2) is 8.93. The number of urea groups is 1. The number of hydrogen-bond donors (Lipinski definition) is 4. The number of rotatable bonds is 7. The predicted octanol–water partition coefficient (Wildman–Crippen LogP) is 2.22. The summed E-state index contributed by atoms with van der Waals surface area (Å²) in [7, 11) is 0. The molecule has 2 heterocycles. The van der Waals surface area contributed by atoms with Crippen LogP contribution in [-0.4, -0.2) is 48.8 Å². The number of nitrogens with zero attached hydrogens (tertiary/aromatic N) is 2. The number of ether oxygens (including phenoxy) is 2. The van der Waals surface area contributed by atoms with Gasteiger partial charge in [-0.25, -0.2) is 14.8 Å². The number of aryl methyl sites for hydroxylation is 1. The average molecular weight is 372 g/mol. The molecule has 0 radical (unpaired) electrons. The van der Waals surface area contributed by atoms with Crippen molar-refractivity contribution in [1.82, 2.24) is 15.3 Å². The second-order valence-corrected chi connectivity index (χ2v) is 5.88. The van der Waals surface area contributed by atoms with E-state index in [9.17, 15) is 4.79 Å². The summed E-state index contributed by atoms with van der Waals surface area (Å²) in [6, 6.07) is 6.85. The lowest BCUT2D eigenvalue weighted by Crippen LogP contribution is -2.32. The Hall–Kier alpha value is -3.23. The molecule has 3 rings (SSSR count). The van der Waals surface area contributed by atoms with Crippen LogP contribution in [0.2, 0.25) is 0 Å². The number of carbonyl (C=O) groups excluding carboxylic acids is 1. The summed E-state index contributed by atoms with van der Waals surface area (Å²) in [5.74, 6) is 3.49. The molecule has 2 aromatic rings. The second-order valence-electron chi connectivity index (χ2n) is 5.88. The lowest BCUT2D eigenvalue weighted by Gasteiger charge is -2.19. The molecule has 1 aliphatic rings. The fraction of sp³-hybridized carbons (Fsp3) is 0.389. The van der Waals surface area contributed by atoms with Crippen LogP contribution in [0.1, 0.15) is 12.7 Å². The van der Waals surface area contributed by atoms with Crippen molar-refractivity contribution in [3.05, 3.63) is 30.1 Å². The van der Waals surface area contributed by atoms with Crippen LogP contribution in [0.4, 0.5) is 22.1 Å². The van der Waals surface area contributed by atoms with E-state index < -0.39 is 0 Å². The highest BCUT2D eigenvalue weighted by molar-refractivity contribution is 5.89. The molecule has 2 amide bonds. The van der Waals surface area contributed by atoms with Gasteiger partial charge >= 0.3 is 6.03 Å². The highest BCUT2D eigenvalue weighted by Crippen LogP contribution is 2.32. The molecule has 144 valence electrons. The maximum Gasteiger partial charge on any atom is 0.319 e. The third kappa shape index (κ3) is 5.37. The first-order chi connectivity index (χ1) is 13.1. The Morgan fingerprint density at radius 3 is 2.56 bits per heavy atom. The van der Waals surface area contributed by atoms with E-state index in [0.717, 1.165) is 12.4 Å². The van der Waals surface area contributed by atoms with Crippen molar-refractivity contribution in [3.63, 3.8) is 0 Å². The molecular formula is C18H24N6O3. The normalized spacial score (nSPS) is 12.2. The van der Waals surface area contributed by atoms with Crippen molar-refractivity contribution in [1.29, 1.82) is 0 Å². The zero-order chi connectivity index (χ0) is 19.1. The van der Waals surface area contributed by atoms with Crippen molar-refractivity contribution >= 4 is 23.4 Å². The number of carbonyl (C=O) groups is 1. The average Bonchev–Trinajstić information content (AvgIpc) is 2.65. The van der Waals surface area contributed by atoms with Crippen molar-refractivity contribution in [2.24, 2.45) is 0 Å². The lowest BCUT2D eigenvalue weighted by molar-refractivity contribution is 0.171. The van der Waals surface area contributed by atoms with Gasteiger partial charge in [-0.05, 0) is 26.0 Å². The number of benzene rings is 1. The number of aromatic nitrogens is 2. The first-order valence-electron chi connectivity index (χ1n) is 8.92. The Kier molecular flexibility index (Phi) is 6.14. The molecule has 0 bridgehead atoms. The molecule has 1 aliphatic heterocycles. The third-order valence-corrected chi connectivity index (χ3v) is 3.71. The largest absolute Gasteiger partial charge is 0.486 e. The molecular weight excluding hydrogens is 348 g/mol. The standard InChI is InChI=1S/C18H24N6O3/c1-3-19-16-11-17(23-12(2)22-16)20-6-7-21-18(25)24-13-4-5-14-15(10-13)27-9-8-26-14/h4-5,10-11H,3,6-9H2,1-2H3,(H2,21,24,25)(H2,19,20,22,23). The molecule has 0 saturated heterocycles. The minimum absolute atomic E-state index is 0.291. The van der Waals surface area contributed by atoms with E-state index in [1.807, 2.05) is 19.9 Å². The summed E-state index contributed by atoms with van der Waals surface area (Å²) in [5.41, 5.74) is 0.645. The smallest absolute Gasteiger partial charge is 0.319 e. The van der Waals surface area contributed by atoms with Gasteiger partial charge in [-0.2, -0.15) is 0 Å².